The van der Waals surface area contributed by atoms with Crippen LogP contribution in [-0.2, 0) is 9.53 Å². The van der Waals surface area contributed by atoms with Crippen molar-refractivity contribution in [1.29, 1.82) is 0 Å². The first kappa shape index (κ1) is 19.2. The van der Waals surface area contributed by atoms with Gasteiger partial charge in [-0.05, 0) is 36.3 Å². The van der Waals surface area contributed by atoms with E-state index in [1.54, 1.807) is 37.3 Å². The van der Waals surface area contributed by atoms with Crippen molar-refractivity contribution in [2.24, 2.45) is 0 Å². The fourth-order valence-electron chi connectivity index (χ4n) is 2.73. The van der Waals surface area contributed by atoms with Crippen LogP contribution in [0.5, 0.6) is 17.2 Å². The molecule has 146 valence electrons. The molecule has 0 amide bonds. The summed E-state index contributed by atoms with van der Waals surface area (Å²) in [5.74, 6) is 1.01. The minimum absolute atomic E-state index is 0.0562. The molecule has 8 heteroatoms. The van der Waals surface area contributed by atoms with Gasteiger partial charge in [0.15, 0.2) is 11.5 Å². The number of carbonyl (C=O) groups excluding carboxylic acids is 1. The molecule has 0 radical (unpaired) electrons. The van der Waals surface area contributed by atoms with Gasteiger partial charge >= 0.3 is 5.97 Å². The summed E-state index contributed by atoms with van der Waals surface area (Å²) in [6.45, 7) is 2.53. The Morgan fingerprint density at radius 2 is 2.04 bits per heavy atom. The number of ether oxygens (including phenoxy) is 4. The third kappa shape index (κ3) is 4.40. The molecule has 0 aromatic heterocycles. The SMILES string of the molecule is COc1cc(/C=C/C(=O)O[C@@H](C)c2cccc([N+](=O)[O-])c2)cc2c1OCCO2. The van der Waals surface area contributed by atoms with Crippen molar-refractivity contribution in [3.8, 4) is 17.2 Å². The zero-order valence-corrected chi connectivity index (χ0v) is 15.4. The molecule has 0 spiro atoms. The van der Waals surface area contributed by atoms with Crippen molar-refractivity contribution < 1.29 is 28.7 Å². The molecular weight excluding hydrogens is 366 g/mol. The summed E-state index contributed by atoms with van der Waals surface area (Å²) < 4.78 is 21.7. The minimum Gasteiger partial charge on any atom is -0.493 e. The van der Waals surface area contributed by atoms with Crippen LogP contribution in [-0.4, -0.2) is 31.2 Å². The molecule has 2 aromatic rings. The maximum atomic E-state index is 12.1. The molecule has 28 heavy (non-hydrogen) atoms. The van der Waals surface area contributed by atoms with Gasteiger partial charge in [0, 0.05) is 18.2 Å². The fraction of sp³-hybridized carbons (Fsp3) is 0.250. The molecule has 1 heterocycles. The van der Waals surface area contributed by atoms with E-state index in [0.717, 1.165) is 0 Å². The Kier molecular flexibility index (Phi) is 5.78. The molecule has 0 aliphatic carbocycles. The average Bonchev–Trinajstić information content (AvgIpc) is 2.71. The highest BCUT2D eigenvalue weighted by atomic mass is 16.6. The Hall–Kier alpha value is -3.55. The van der Waals surface area contributed by atoms with Crippen molar-refractivity contribution in [2.75, 3.05) is 20.3 Å². The van der Waals surface area contributed by atoms with E-state index < -0.39 is 17.0 Å². The highest BCUT2D eigenvalue weighted by Crippen LogP contribution is 2.40. The van der Waals surface area contributed by atoms with Crippen LogP contribution in [0.15, 0.2) is 42.5 Å². The Bertz CT molecular complexity index is 906. The molecule has 3 rings (SSSR count). The quantitative estimate of drug-likeness (QED) is 0.324. The molecule has 0 saturated heterocycles. The van der Waals surface area contributed by atoms with Gasteiger partial charge in [0.2, 0.25) is 5.75 Å². The maximum absolute atomic E-state index is 12.1. The topological polar surface area (TPSA) is 97.1 Å². The largest absolute Gasteiger partial charge is 0.493 e. The molecule has 0 saturated carbocycles. The predicted molar refractivity (Wildman–Crippen MR) is 101 cm³/mol. The smallest absolute Gasteiger partial charge is 0.331 e. The Balaban J connectivity index is 1.70. The Morgan fingerprint density at radius 3 is 2.79 bits per heavy atom. The number of nitrogens with zero attached hydrogens (tertiary/aromatic N) is 1. The first-order chi connectivity index (χ1) is 13.5. The van der Waals surface area contributed by atoms with Crippen molar-refractivity contribution in [3.05, 3.63) is 63.7 Å². The van der Waals surface area contributed by atoms with E-state index in [2.05, 4.69) is 0 Å². The summed E-state index contributed by atoms with van der Waals surface area (Å²) in [6.07, 6.45) is 2.22. The number of nitro benzene ring substituents is 1. The van der Waals surface area contributed by atoms with E-state index in [4.69, 9.17) is 18.9 Å². The van der Waals surface area contributed by atoms with Gasteiger partial charge in [-0.15, -0.1) is 0 Å². The molecule has 0 unspecified atom stereocenters. The van der Waals surface area contributed by atoms with E-state index in [0.29, 0.717) is 41.6 Å². The average molecular weight is 385 g/mol. The van der Waals surface area contributed by atoms with Gasteiger partial charge in [-0.25, -0.2) is 4.79 Å². The van der Waals surface area contributed by atoms with Gasteiger partial charge in [-0.3, -0.25) is 10.1 Å². The van der Waals surface area contributed by atoms with E-state index >= 15 is 0 Å². The van der Waals surface area contributed by atoms with Crippen LogP contribution < -0.4 is 14.2 Å². The van der Waals surface area contributed by atoms with Gasteiger partial charge in [0.05, 0.1) is 12.0 Å². The van der Waals surface area contributed by atoms with Crippen molar-refractivity contribution >= 4 is 17.7 Å². The molecular formula is C20H19NO7. The lowest BCUT2D eigenvalue weighted by molar-refractivity contribution is -0.385. The molecule has 1 atom stereocenters. The third-order valence-electron chi connectivity index (χ3n) is 4.11. The highest BCUT2D eigenvalue weighted by molar-refractivity contribution is 5.87. The Morgan fingerprint density at radius 1 is 1.25 bits per heavy atom. The van der Waals surface area contributed by atoms with Crippen molar-refractivity contribution in [3.63, 3.8) is 0 Å². The Labute approximate surface area is 161 Å². The van der Waals surface area contributed by atoms with Gasteiger partial charge in [-0.2, -0.15) is 0 Å². The second-order valence-electron chi connectivity index (χ2n) is 6.01. The van der Waals surface area contributed by atoms with Crippen molar-refractivity contribution in [1.82, 2.24) is 0 Å². The fourth-order valence-corrected chi connectivity index (χ4v) is 2.73. The van der Waals surface area contributed by atoms with E-state index in [1.165, 1.54) is 25.3 Å². The van der Waals surface area contributed by atoms with Gasteiger partial charge in [0.1, 0.15) is 19.3 Å². The number of rotatable bonds is 6. The summed E-state index contributed by atoms with van der Waals surface area (Å²) >= 11 is 0. The van der Waals surface area contributed by atoms with Crippen LogP contribution in [0.2, 0.25) is 0 Å². The summed E-state index contributed by atoms with van der Waals surface area (Å²) in [5, 5.41) is 10.9. The monoisotopic (exact) mass is 385 g/mol. The number of nitro groups is 1. The predicted octanol–water partition coefficient (Wildman–Crippen LogP) is 3.69. The lowest BCUT2D eigenvalue weighted by Gasteiger charge is -2.20. The zero-order chi connectivity index (χ0) is 20.1. The number of hydrogen-bond donors (Lipinski definition) is 0. The number of methoxy groups -OCH3 is 1. The number of carbonyl (C=O) groups is 1. The third-order valence-corrected chi connectivity index (χ3v) is 4.11. The van der Waals surface area contributed by atoms with Crippen LogP contribution in [0.25, 0.3) is 6.08 Å². The summed E-state index contributed by atoms with van der Waals surface area (Å²) in [7, 11) is 1.52. The van der Waals surface area contributed by atoms with Crippen LogP contribution >= 0.6 is 0 Å². The summed E-state index contributed by atoms with van der Waals surface area (Å²) in [4.78, 5) is 22.5. The van der Waals surface area contributed by atoms with Gasteiger partial charge in [-0.1, -0.05) is 12.1 Å². The van der Waals surface area contributed by atoms with Gasteiger partial charge in [0.25, 0.3) is 5.69 Å². The van der Waals surface area contributed by atoms with E-state index in [9.17, 15) is 14.9 Å². The van der Waals surface area contributed by atoms with E-state index in [-0.39, 0.29) is 5.69 Å². The van der Waals surface area contributed by atoms with E-state index in [1.807, 2.05) is 0 Å². The van der Waals surface area contributed by atoms with Crippen molar-refractivity contribution in [2.45, 2.75) is 13.0 Å². The second-order valence-corrected chi connectivity index (χ2v) is 6.01. The minimum atomic E-state index is -0.633. The number of benzene rings is 2. The molecule has 0 N–H and O–H groups in total. The molecule has 2 aromatic carbocycles. The second kappa shape index (κ2) is 8.43. The number of fused-ring (bicyclic) bond motifs is 1. The maximum Gasteiger partial charge on any atom is 0.331 e. The first-order valence-corrected chi connectivity index (χ1v) is 8.58. The molecule has 8 nitrogen and oxygen atoms in total. The lowest BCUT2D eigenvalue weighted by atomic mass is 10.1. The zero-order valence-electron chi connectivity index (χ0n) is 15.4. The lowest BCUT2D eigenvalue weighted by Crippen LogP contribution is -2.16. The number of esters is 1. The van der Waals surface area contributed by atoms with Gasteiger partial charge < -0.3 is 18.9 Å². The summed E-state index contributed by atoms with van der Waals surface area (Å²) in [5.41, 5.74) is 1.16. The molecule has 0 fully saturated rings. The highest BCUT2D eigenvalue weighted by Gasteiger charge is 2.18. The summed E-state index contributed by atoms with van der Waals surface area (Å²) in [6, 6.07) is 9.45. The normalized spacial score (nSPS) is 13.8. The van der Waals surface area contributed by atoms with Crippen LogP contribution in [0.3, 0.4) is 0 Å². The molecule has 0 bridgehead atoms. The standard InChI is InChI=1S/C20H19NO7/c1-13(15-4-3-5-16(12-15)21(23)24)28-19(22)7-6-14-10-17(25-2)20-18(11-14)26-8-9-27-20/h3-7,10-13H,8-9H2,1-2H3/b7-6+/t13-/m0/s1. The van der Waals surface area contributed by atoms with Crippen LogP contribution in [0.4, 0.5) is 5.69 Å². The molecule has 1 aliphatic heterocycles. The van der Waals surface area contributed by atoms with Crippen LogP contribution in [0.1, 0.15) is 24.2 Å². The molecule has 1 aliphatic rings. The number of non-ortho nitro benzene ring substituents is 1. The number of hydrogen-bond acceptors (Lipinski definition) is 7. The van der Waals surface area contributed by atoms with Crippen LogP contribution in [0, 0.1) is 10.1 Å². The first-order valence-electron chi connectivity index (χ1n) is 8.58.